The molecule has 0 unspecified atom stereocenters. The van der Waals surface area contributed by atoms with E-state index in [-0.39, 0.29) is 0 Å². The first-order chi connectivity index (χ1) is 6.04. The van der Waals surface area contributed by atoms with E-state index in [1.54, 1.807) is 36.5 Å². The third kappa shape index (κ3) is 3.00. The van der Waals surface area contributed by atoms with E-state index in [4.69, 9.17) is 0 Å². The molecule has 0 amide bonds. The number of rotatable bonds is 4. The van der Waals surface area contributed by atoms with Crippen LogP contribution in [-0.2, 0) is 12.1 Å². The highest BCUT2D eigenvalue weighted by molar-refractivity contribution is 7.98. The second kappa shape index (κ2) is 4.11. The van der Waals surface area contributed by atoms with Crippen molar-refractivity contribution in [1.82, 2.24) is 15.0 Å². The van der Waals surface area contributed by atoms with E-state index in [0.29, 0.717) is 5.69 Å². The predicted octanol–water partition coefficient (Wildman–Crippen LogP) is 0.868. The minimum absolute atomic E-state index is 0.619. The first-order valence-corrected chi connectivity index (χ1v) is 5.55. The first kappa shape index (κ1) is 10.5. The fourth-order valence-corrected chi connectivity index (χ4v) is 1.24. The lowest BCUT2D eigenvalue weighted by Gasteiger charge is -2.11. The topological polar surface area (TPSA) is 50.9 Å². The van der Waals surface area contributed by atoms with Crippen LogP contribution in [0.2, 0.25) is 0 Å². The van der Waals surface area contributed by atoms with E-state index < -0.39 is 5.60 Å². The third-order valence-electron chi connectivity index (χ3n) is 1.69. The molecule has 13 heavy (non-hydrogen) atoms. The molecular weight excluding hydrogens is 186 g/mol. The lowest BCUT2D eigenvalue weighted by atomic mass is 10.1. The number of thioether (sulfide) groups is 1. The maximum atomic E-state index is 9.61. The quantitative estimate of drug-likeness (QED) is 0.785. The van der Waals surface area contributed by atoms with Crippen LogP contribution in [0.1, 0.15) is 19.5 Å². The second-order valence-corrected chi connectivity index (χ2v) is 4.40. The summed E-state index contributed by atoms with van der Waals surface area (Å²) in [6, 6.07) is 0. The lowest BCUT2D eigenvalue weighted by Crippen LogP contribution is -2.15. The SMILES string of the molecule is CSCCn1cc(C(C)(C)O)nn1. The van der Waals surface area contributed by atoms with Crippen molar-refractivity contribution >= 4 is 11.8 Å². The summed E-state index contributed by atoms with van der Waals surface area (Å²) in [6.07, 6.45) is 3.84. The average Bonchev–Trinajstić information content (AvgIpc) is 2.47. The van der Waals surface area contributed by atoms with Gasteiger partial charge in [-0.3, -0.25) is 4.68 Å². The van der Waals surface area contributed by atoms with Gasteiger partial charge < -0.3 is 5.11 Å². The molecule has 0 radical (unpaired) electrons. The smallest absolute Gasteiger partial charge is 0.114 e. The number of aryl methyl sites for hydroxylation is 1. The van der Waals surface area contributed by atoms with Gasteiger partial charge in [-0.05, 0) is 20.1 Å². The Morgan fingerprint density at radius 1 is 1.62 bits per heavy atom. The maximum absolute atomic E-state index is 9.61. The van der Waals surface area contributed by atoms with Gasteiger partial charge in [0.25, 0.3) is 0 Å². The number of hydrogen-bond acceptors (Lipinski definition) is 4. The Labute approximate surface area is 82.3 Å². The Morgan fingerprint density at radius 3 is 2.77 bits per heavy atom. The molecule has 0 atom stereocenters. The van der Waals surface area contributed by atoms with Crippen LogP contribution in [0.5, 0.6) is 0 Å². The van der Waals surface area contributed by atoms with Gasteiger partial charge in [-0.15, -0.1) is 5.10 Å². The van der Waals surface area contributed by atoms with Crippen LogP contribution < -0.4 is 0 Å². The largest absolute Gasteiger partial charge is 0.384 e. The molecule has 0 aliphatic rings. The molecule has 1 aromatic rings. The fraction of sp³-hybridized carbons (Fsp3) is 0.750. The summed E-state index contributed by atoms with van der Waals surface area (Å²) in [5.74, 6) is 1.01. The zero-order valence-corrected chi connectivity index (χ0v) is 9.01. The summed E-state index contributed by atoms with van der Waals surface area (Å²) < 4.78 is 1.75. The van der Waals surface area contributed by atoms with Gasteiger partial charge in [-0.2, -0.15) is 11.8 Å². The van der Waals surface area contributed by atoms with Crippen molar-refractivity contribution in [1.29, 1.82) is 0 Å². The monoisotopic (exact) mass is 201 g/mol. The highest BCUT2D eigenvalue weighted by Gasteiger charge is 2.19. The van der Waals surface area contributed by atoms with Crippen LogP contribution in [-0.4, -0.2) is 32.1 Å². The molecule has 74 valence electrons. The fourth-order valence-electron chi connectivity index (χ4n) is 0.873. The first-order valence-electron chi connectivity index (χ1n) is 4.16. The molecule has 0 spiro atoms. The molecule has 1 rings (SSSR count). The van der Waals surface area contributed by atoms with E-state index in [1.165, 1.54) is 0 Å². The molecule has 1 heterocycles. The standard InChI is InChI=1S/C8H15N3OS/c1-8(2,12)7-6-11(10-9-7)4-5-13-3/h6,12H,4-5H2,1-3H3. The van der Waals surface area contributed by atoms with Crippen LogP contribution in [0.25, 0.3) is 0 Å². The van der Waals surface area contributed by atoms with Crippen molar-refractivity contribution in [3.05, 3.63) is 11.9 Å². The maximum Gasteiger partial charge on any atom is 0.114 e. The summed E-state index contributed by atoms with van der Waals surface area (Å²) in [7, 11) is 0. The van der Waals surface area contributed by atoms with E-state index in [0.717, 1.165) is 12.3 Å². The molecule has 0 bridgehead atoms. The second-order valence-electron chi connectivity index (χ2n) is 3.42. The number of hydrogen-bond donors (Lipinski definition) is 1. The molecular formula is C8H15N3OS. The minimum Gasteiger partial charge on any atom is -0.384 e. The van der Waals surface area contributed by atoms with E-state index in [1.807, 2.05) is 6.26 Å². The van der Waals surface area contributed by atoms with Crippen molar-refractivity contribution in [2.24, 2.45) is 0 Å². The van der Waals surface area contributed by atoms with Crippen molar-refractivity contribution < 1.29 is 5.11 Å². The number of aliphatic hydroxyl groups is 1. The zero-order chi connectivity index (χ0) is 9.90. The molecule has 5 heteroatoms. The Morgan fingerprint density at radius 2 is 2.31 bits per heavy atom. The summed E-state index contributed by atoms with van der Waals surface area (Å²) in [4.78, 5) is 0. The average molecular weight is 201 g/mol. The van der Waals surface area contributed by atoms with E-state index in [9.17, 15) is 5.11 Å². The van der Waals surface area contributed by atoms with Crippen LogP contribution in [0.3, 0.4) is 0 Å². The van der Waals surface area contributed by atoms with E-state index in [2.05, 4.69) is 10.3 Å². The molecule has 0 aromatic carbocycles. The van der Waals surface area contributed by atoms with Gasteiger partial charge in [0.05, 0.1) is 12.7 Å². The van der Waals surface area contributed by atoms with Crippen LogP contribution in [0, 0.1) is 0 Å². The van der Waals surface area contributed by atoms with Crippen molar-refractivity contribution in [2.45, 2.75) is 26.0 Å². The summed E-state index contributed by atoms with van der Waals surface area (Å²) in [5, 5.41) is 17.4. The van der Waals surface area contributed by atoms with Crippen molar-refractivity contribution in [3.63, 3.8) is 0 Å². The molecule has 0 fully saturated rings. The third-order valence-corrected chi connectivity index (χ3v) is 2.28. The Hall–Kier alpha value is -0.550. The predicted molar refractivity (Wildman–Crippen MR) is 53.6 cm³/mol. The van der Waals surface area contributed by atoms with Gasteiger partial charge in [-0.25, -0.2) is 0 Å². The normalized spacial score (nSPS) is 12.0. The molecule has 0 aliphatic carbocycles. The Balaban J connectivity index is 2.64. The van der Waals surface area contributed by atoms with Gasteiger partial charge in [0.15, 0.2) is 0 Å². The number of nitrogens with zero attached hydrogens (tertiary/aromatic N) is 3. The summed E-state index contributed by atoms with van der Waals surface area (Å²) in [5.41, 5.74) is -0.272. The van der Waals surface area contributed by atoms with Gasteiger partial charge in [0.2, 0.25) is 0 Å². The molecule has 0 saturated carbocycles. The van der Waals surface area contributed by atoms with Crippen LogP contribution in [0.15, 0.2) is 6.20 Å². The highest BCUT2D eigenvalue weighted by Crippen LogP contribution is 2.15. The molecule has 1 aromatic heterocycles. The van der Waals surface area contributed by atoms with Crippen molar-refractivity contribution in [3.8, 4) is 0 Å². The molecule has 1 N–H and O–H groups in total. The van der Waals surface area contributed by atoms with Gasteiger partial charge >= 0.3 is 0 Å². The van der Waals surface area contributed by atoms with Crippen LogP contribution in [0.4, 0.5) is 0 Å². The lowest BCUT2D eigenvalue weighted by molar-refractivity contribution is 0.0737. The molecule has 0 saturated heterocycles. The zero-order valence-electron chi connectivity index (χ0n) is 8.19. The van der Waals surface area contributed by atoms with Crippen LogP contribution >= 0.6 is 11.8 Å². The summed E-state index contributed by atoms with van der Waals surface area (Å²) >= 11 is 1.76. The Kier molecular flexibility index (Phi) is 3.33. The van der Waals surface area contributed by atoms with Gasteiger partial charge in [0.1, 0.15) is 11.3 Å². The molecule has 0 aliphatic heterocycles. The van der Waals surface area contributed by atoms with Gasteiger partial charge in [-0.1, -0.05) is 5.21 Å². The summed E-state index contributed by atoms with van der Waals surface area (Å²) in [6.45, 7) is 4.25. The molecule has 4 nitrogen and oxygen atoms in total. The van der Waals surface area contributed by atoms with Gasteiger partial charge in [0, 0.05) is 5.75 Å². The minimum atomic E-state index is -0.891. The van der Waals surface area contributed by atoms with E-state index >= 15 is 0 Å². The van der Waals surface area contributed by atoms with Crippen molar-refractivity contribution in [2.75, 3.05) is 12.0 Å². The highest BCUT2D eigenvalue weighted by atomic mass is 32.2. The number of aromatic nitrogens is 3. The Bertz CT molecular complexity index is 267.